The van der Waals surface area contributed by atoms with Crippen LogP contribution in [0.15, 0.2) is 48.0 Å². The van der Waals surface area contributed by atoms with Crippen LogP contribution in [0.25, 0.3) is 5.76 Å². The lowest BCUT2D eigenvalue weighted by Gasteiger charge is -2.34. The normalized spacial score (nSPS) is 21.0. The van der Waals surface area contributed by atoms with Gasteiger partial charge in [-0.15, -0.1) is 0 Å². The third-order valence-corrected chi connectivity index (χ3v) is 6.83. The second kappa shape index (κ2) is 9.26. The fraction of sp³-hybridized carbons (Fsp3) is 0.370. The molecule has 8 heteroatoms. The highest BCUT2D eigenvalue weighted by atomic mass is 19.1. The first kappa shape index (κ1) is 24.6. The summed E-state index contributed by atoms with van der Waals surface area (Å²) in [6.07, 6.45) is 1.58. The number of unbranched alkanes of at least 4 members (excludes halogenated alkanes) is 1. The number of amides is 2. The Morgan fingerprint density at radius 2 is 1.80 bits per heavy atom. The maximum Gasteiger partial charge on any atom is 0.296 e. The van der Waals surface area contributed by atoms with Crippen molar-refractivity contribution in [3.05, 3.63) is 70.5 Å². The van der Waals surface area contributed by atoms with Gasteiger partial charge in [0.1, 0.15) is 11.6 Å². The Balaban J connectivity index is 2.03. The number of likely N-dealkylation sites (tertiary alicyclic amines) is 1. The Hall–Kier alpha value is -3.52. The molecule has 2 aromatic carbocycles. The molecule has 1 saturated heterocycles. The fourth-order valence-electron chi connectivity index (χ4n) is 4.92. The number of aryl methyl sites for hydroxylation is 1. The first-order valence-electron chi connectivity index (χ1n) is 11.9. The smallest absolute Gasteiger partial charge is 0.296 e. The van der Waals surface area contributed by atoms with Crippen LogP contribution in [-0.2, 0) is 19.9 Å². The summed E-state index contributed by atoms with van der Waals surface area (Å²) in [5, 5.41) is 11.4. The summed E-state index contributed by atoms with van der Waals surface area (Å²) in [7, 11) is 3.83. The molecule has 1 atom stereocenters. The molecule has 2 amide bonds. The fourth-order valence-corrected chi connectivity index (χ4v) is 4.92. The Labute approximate surface area is 204 Å². The minimum atomic E-state index is -1.81. The number of nitrogens with one attached hydrogen (secondary N) is 1. The molecule has 1 fully saturated rings. The number of aliphatic hydroxyl groups excluding tert-OH is 1. The number of likely N-dealkylation sites (N-methyl/N-ethyl adjacent to an activating group) is 1. The molecule has 2 heterocycles. The van der Waals surface area contributed by atoms with Crippen LogP contribution in [0.1, 0.15) is 36.5 Å². The van der Waals surface area contributed by atoms with Crippen LogP contribution in [-0.4, -0.2) is 61.3 Å². The number of anilines is 1. The zero-order chi connectivity index (χ0) is 25.5. The molecule has 184 valence electrons. The summed E-state index contributed by atoms with van der Waals surface area (Å²) >= 11 is 0. The molecule has 7 nitrogen and oxygen atoms in total. The van der Waals surface area contributed by atoms with Crippen LogP contribution in [0.2, 0.25) is 0 Å². The number of aliphatic hydroxyl groups is 1. The van der Waals surface area contributed by atoms with Gasteiger partial charge in [0.25, 0.3) is 17.6 Å². The van der Waals surface area contributed by atoms with Crippen LogP contribution in [0, 0.1) is 12.7 Å². The summed E-state index contributed by atoms with van der Waals surface area (Å²) in [6, 6.07) is 11.2. The molecule has 2 N–H and O–H groups in total. The van der Waals surface area contributed by atoms with Crippen molar-refractivity contribution in [1.29, 1.82) is 0 Å². The number of carbonyl (C=O) groups excluding carboxylic acids is 3. The third kappa shape index (κ3) is 3.72. The number of hydrogen-bond acceptors (Lipinski definition) is 4. The maximum atomic E-state index is 14.4. The zero-order valence-electron chi connectivity index (χ0n) is 20.5. The number of hydrogen-bond donors (Lipinski definition) is 2. The van der Waals surface area contributed by atoms with E-state index >= 15 is 0 Å². The summed E-state index contributed by atoms with van der Waals surface area (Å²) in [4.78, 5) is 45.1. The minimum absolute atomic E-state index is 0.0426. The lowest BCUT2D eigenvalue weighted by Crippen LogP contribution is -3.06. The van der Waals surface area contributed by atoms with Gasteiger partial charge in [0.05, 0.1) is 38.4 Å². The first-order chi connectivity index (χ1) is 16.7. The number of quaternary nitrogens is 1. The van der Waals surface area contributed by atoms with Crippen molar-refractivity contribution in [3.8, 4) is 0 Å². The molecule has 0 aromatic heterocycles. The van der Waals surface area contributed by atoms with Crippen LogP contribution in [0.5, 0.6) is 0 Å². The summed E-state index contributed by atoms with van der Waals surface area (Å²) < 4.78 is 14.4. The van der Waals surface area contributed by atoms with Gasteiger partial charge in [-0.3, -0.25) is 14.4 Å². The van der Waals surface area contributed by atoms with Gasteiger partial charge in [0, 0.05) is 17.7 Å². The molecule has 35 heavy (non-hydrogen) atoms. The van der Waals surface area contributed by atoms with E-state index in [1.807, 2.05) is 21.0 Å². The zero-order valence-corrected chi connectivity index (χ0v) is 20.5. The summed E-state index contributed by atoms with van der Waals surface area (Å²) in [5.41, 5.74) is -0.616. The minimum Gasteiger partial charge on any atom is -0.507 e. The number of halogens is 1. The van der Waals surface area contributed by atoms with Crippen LogP contribution in [0.4, 0.5) is 10.1 Å². The van der Waals surface area contributed by atoms with Gasteiger partial charge in [-0.05, 0) is 31.0 Å². The Morgan fingerprint density at radius 1 is 1.09 bits per heavy atom. The molecule has 0 radical (unpaired) electrons. The van der Waals surface area contributed by atoms with E-state index in [9.17, 15) is 23.9 Å². The molecular formula is C27H31FN3O4+. The molecule has 4 rings (SSSR count). The second-order valence-electron chi connectivity index (χ2n) is 9.47. The Bertz CT molecular complexity index is 1240. The van der Waals surface area contributed by atoms with Crippen molar-refractivity contribution >= 4 is 29.0 Å². The maximum absolute atomic E-state index is 14.4. The Kier molecular flexibility index (Phi) is 6.51. The molecular weight excluding hydrogens is 449 g/mol. The molecule has 0 bridgehead atoms. The lowest BCUT2D eigenvalue weighted by molar-refractivity contribution is -0.857. The number of ketones is 1. The van der Waals surface area contributed by atoms with Crippen LogP contribution in [0.3, 0.4) is 0 Å². The van der Waals surface area contributed by atoms with E-state index in [-0.39, 0.29) is 17.7 Å². The lowest BCUT2D eigenvalue weighted by atomic mass is 9.82. The van der Waals surface area contributed by atoms with Crippen molar-refractivity contribution in [2.24, 2.45) is 0 Å². The second-order valence-corrected chi connectivity index (χ2v) is 9.47. The number of rotatable bonds is 7. The van der Waals surface area contributed by atoms with Crippen molar-refractivity contribution in [1.82, 2.24) is 4.90 Å². The van der Waals surface area contributed by atoms with Gasteiger partial charge < -0.3 is 19.8 Å². The van der Waals surface area contributed by atoms with Gasteiger partial charge in [-0.1, -0.05) is 43.7 Å². The number of Topliss-reactive ketones (excluding diaryl/α,β-unsaturated/α-hetero) is 1. The monoisotopic (exact) mass is 480 g/mol. The van der Waals surface area contributed by atoms with E-state index in [0.29, 0.717) is 29.9 Å². The Morgan fingerprint density at radius 3 is 2.46 bits per heavy atom. The topological polar surface area (TPSA) is 82.4 Å². The van der Waals surface area contributed by atoms with Gasteiger partial charge >= 0.3 is 0 Å². The molecule has 2 aromatic rings. The molecule has 0 aliphatic carbocycles. The van der Waals surface area contributed by atoms with Gasteiger partial charge in [0.2, 0.25) is 0 Å². The summed E-state index contributed by atoms with van der Waals surface area (Å²) in [6.45, 7) is 4.63. The number of carbonyl (C=O) groups is 3. The predicted molar refractivity (Wildman–Crippen MR) is 130 cm³/mol. The van der Waals surface area contributed by atoms with E-state index < -0.39 is 34.7 Å². The summed E-state index contributed by atoms with van der Waals surface area (Å²) in [5.74, 6) is -3.36. The number of nitrogens with zero attached hydrogens (tertiary/aromatic N) is 2. The predicted octanol–water partition coefficient (Wildman–Crippen LogP) is 2.00. The average Bonchev–Trinajstić information content (AvgIpc) is 3.20. The van der Waals surface area contributed by atoms with Crippen molar-refractivity contribution in [2.45, 2.75) is 32.2 Å². The molecule has 2 aliphatic rings. The number of para-hydroxylation sites is 1. The quantitative estimate of drug-likeness (QED) is 0.361. The van der Waals surface area contributed by atoms with E-state index in [2.05, 4.69) is 0 Å². The van der Waals surface area contributed by atoms with Gasteiger partial charge in [-0.25, -0.2) is 4.39 Å². The third-order valence-electron chi connectivity index (χ3n) is 6.83. The first-order valence-corrected chi connectivity index (χ1v) is 11.9. The van der Waals surface area contributed by atoms with Crippen molar-refractivity contribution in [3.63, 3.8) is 0 Å². The van der Waals surface area contributed by atoms with E-state index in [0.717, 1.165) is 23.8 Å². The molecule has 1 unspecified atom stereocenters. The number of fused-ring (bicyclic) bond motifs is 2. The number of benzene rings is 2. The molecule has 1 spiro atoms. The van der Waals surface area contributed by atoms with Crippen LogP contribution < -0.4 is 9.80 Å². The van der Waals surface area contributed by atoms with Gasteiger partial charge in [0.15, 0.2) is 5.54 Å². The van der Waals surface area contributed by atoms with E-state index in [1.54, 1.807) is 36.1 Å². The molecule has 2 aliphatic heterocycles. The highest BCUT2D eigenvalue weighted by Crippen LogP contribution is 2.53. The van der Waals surface area contributed by atoms with Crippen molar-refractivity contribution in [2.75, 3.05) is 38.6 Å². The average molecular weight is 481 g/mol. The SMILES string of the molecule is CCCCN1C(=O)C2(C(=C(O)c3ccc(C)c(F)c3)C(=O)C(=O)N2CC[NH+](C)C)c2ccccc21. The van der Waals surface area contributed by atoms with Crippen LogP contribution >= 0.6 is 0 Å². The van der Waals surface area contributed by atoms with Crippen molar-refractivity contribution < 1.29 is 28.8 Å². The highest BCUT2D eigenvalue weighted by Gasteiger charge is 2.67. The largest absolute Gasteiger partial charge is 0.507 e. The highest BCUT2D eigenvalue weighted by molar-refractivity contribution is 6.50. The standard InChI is InChI=1S/C27H30FN3O4/c1-5-6-13-30-21-10-8-7-9-19(21)27(26(30)35)22(23(32)18-12-11-17(2)20(28)16-18)24(33)25(34)31(27)15-14-29(3)4/h7-12,16,32H,5-6,13-15H2,1-4H3/p+1. The van der Waals surface area contributed by atoms with Gasteiger partial charge in [-0.2, -0.15) is 0 Å². The molecule has 0 saturated carbocycles. The van der Waals surface area contributed by atoms with E-state index in [1.165, 1.54) is 17.0 Å². The van der Waals surface area contributed by atoms with E-state index in [4.69, 9.17) is 0 Å².